The third kappa shape index (κ3) is 11.9. The number of ketones is 1. The van der Waals surface area contributed by atoms with E-state index in [2.05, 4.69) is 58.4 Å². The number of aryl methyl sites for hydroxylation is 1. The molecular formula is C44H60ClNO7SSi. The lowest BCUT2D eigenvalue weighted by atomic mass is 9.71. The van der Waals surface area contributed by atoms with Crippen LogP contribution in [0.1, 0.15) is 109 Å². The predicted molar refractivity (Wildman–Crippen MR) is 225 cm³/mol. The van der Waals surface area contributed by atoms with E-state index >= 15 is 4.79 Å². The van der Waals surface area contributed by atoms with E-state index in [9.17, 15) is 9.59 Å². The van der Waals surface area contributed by atoms with Crippen molar-refractivity contribution in [3.63, 3.8) is 0 Å². The maximum absolute atomic E-state index is 15.1. The van der Waals surface area contributed by atoms with E-state index in [-0.39, 0.29) is 36.2 Å². The smallest absolute Gasteiger partial charge is 0.457 e. The maximum atomic E-state index is 15.1. The van der Waals surface area contributed by atoms with Crippen LogP contribution in [0.5, 0.6) is 0 Å². The predicted octanol–water partition coefficient (Wildman–Crippen LogP) is 12.3. The van der Waals surface area contributed by atoms with Gasteiger partial charge < -0.3 is 18.6 Å². The number of hydrogen-bond acceptors (Lipinski definition) is 9. The van der Waals surface area contributed by atoms with E-state index in [4.69, 9.17) is 30.2 Å². The molecule has 0 amide bonds. The van der Waals surface area contributed by atoms with Gasteiger partial charge in [-0.25, -0.2) is 9.78 Å². The zero-order valence-corrected chi connectivity index (χ0v) is 36.9. The van der Waals surface area contributed by atoms with Crippen LogP contribution in [0.3, 0.4) is 0 Å². The molecule has 4 rings (SSSR count). The average molecular weight is 811 g/mol. The Morgan fingerprint density at radius 3 is 2.55 bits per heavy atom. The fraction of sp³-hybridized carbons (Fsp3) is 0.545. The van der Waals surface area contributed by atoms with E-state index < -0.39 is 50.1 Å². The number of thiazole rings is 1. The maximum Gasteiger partial charge on any atom is 0.508 e. The molecule has 0 N–H and O–H groups in total. The number of aromatic nitrogens is 1. The number of cyclic esters (lactones) is 1. The second kappa shape index (κ2) is 18.8. The van der Waals surface area contributed by atoms with E-state index in [0.29, 0.717) is 17.9 Å². The summed E-state index contributed by atoms with van der Waals surface area (Å²) in [6, 6.07) is 13.1. The van der Waals surface area contributed by atoms with Gasteiger partial charge in [0.2, 0.25) is 0 Å². The minimum atomic E-state index is -2.54. The van der Waals surface area contributed by atoms with Gasteiger partial charge in [-0.2, -0.15) is 0 Å². The minimum Gasteiger partial charge on any atom is -0.457 e. The Balaban J connectivity index is 1.74. The summed E-state index contributed by atoms with van der Waals surface area (Å²) >= 11 is 7.78. The van der Waals surface area contributed by atoms with Crippen molar-refractivity contribution >= 4 is 59.4 Å². The molecule has 8 nitrogen and oxygen atoms in total. The number of nitrogens with zero attached hydrogens (tertiary/aromatic N) is 1. The number of benzene rings is 2. The summed E-state index contributed by atoms with van der Waals surface area (Å²) in [5, 5.41) is 1.30. The fourth-order valence-corrected chi connectivity index (χ4v) is 9.30. The number of carbonyl (C=O) groups excluding carboxylic acids is 3. The summed E-state index contributed by atoms with van der Waals surface area (Å²) in [6.45, 7) is 24.3. The first-order valence-electron chi connectivity index (χ1n) is 19.3. The standard InChI is InChI=1S/C44H60ClNO7SSi/c1-12-15-34-40(52-42(49)50-27-31-18-14-19-33(45)24-31)29(3)17-13-16-28(2)20-22-36(32-21-23-37-35(25-32)46-30(4)54-37)51-39(47)26-38(44(8,9)41(34)48)53-55(10,11)43(5,6)7/h12,14,18-21,23-25,29,34,36,38,40H,1,13,15-17,22,26-27H2,2-11H3/t29-,34+,36-,38-,40-/m0/s1. The number of rotatable bonds is 8. The zero-order chi connectivity index (χ0) is 40.7. The van der Waals surface area contributed by atoms with Crippen molar-refractivity contribution in [2.24, 2.45) is 17.3 Å². The molecule has 11 heteroatoms. The summed E-state index contributed by atoms with van der Waals surface area (Å²) in [5.41, 5.74) is 2.44. The third-order valence-electron chi connectivity index (χ3n) is 11.3. The van der Waals surface area contributed by atoms with Crippen LogP contribution in [0, 0.1) is 24.2 Å². The van der Waals surface area contributed by atoms with Crippen LogP contribution >= 0.6 is 22.9 Å². The lowest BCUT2D eigenvalue weighted by Gasteiger charge is -2.45. The fourth-order valence-electron chi connectivity index (χ4n) is 6.84. The van der Waals surface area contributed by atoms with Crippen molar-refractivity contribution in [2.75, 3.05) is 0 Å². The Labute approximate surface area is 338 Å². The zero-order valence-electron chi connectivity index (χ0n) is 34.3. The number of halogens is 1. The number of esters is 1. The first-order valence-corrected chi connectivity index (χ1v) is 23.4. The van der Waals surface area contributed by atoms with Crippen molar-refractivity contribution in [1.29, 1.82) is 0 Å². The first-order chi connectivity index (χ1) is 25.7. The number of ether oxygens (including phenoxy) is 3. The molecule has 0 saturated carbocycles. The van der Waals surface area contributed by atoms with Crippen molar-refractivity contribution in [3.05, 3.63) is 87.9 Å². The topological polar surface area (TPSA) is 101 Å². The van der Waals surface area contributed by atoms with Crippen molar-refractivity contribution < 1.29 is 33.0 Å². The molecule has 1 aliphatic heterocycles. The van der Waals surface area contributed by atoms with Crippen molar-refractivity contribution in [3.8, 4) is 0 Å². The molecule has 0 radical (unpaired) electrons. The molecule has 0 saturated heterocycles. The Morgan fingerprint density at radius 1 is 1.15 bits per heavy atom. The Bertz CT molecular complexity index is 1860. The summed E-state index contributed by atoms with van der Waals surface area (Å²) in [4.78, 5) is 47.3. The molecule has 1 aliphatic rings. The molecular weight excluding hydrogens is 750 g/mol. The molecule has 55 heavy (non-hydrogen) atoms. The number of hydrogen-bond donors (Lipinski definition) is 0. The third-order valence-corrected chi connectivity index (χ3v) is 17.0. The van der Waals surface area contributed by atoms with Crippen LogP contribution in [0.15, 0.2) is 66.8 Å². The monoisotopic (exact) mass is 809 g/mol. The summed E-state index contributed by atoms with van der Waals surface area (Å²) < 4.78 is 26.1. The van der Waals surface area contributed by atoms with E-state index in [1.807, 2.05) is 52.0 Å². The van der Waals surface area contributed by atoms with E-state index in [1.165, 1.54) is 0 Å². The van der Waals surface area contributed by atoms with E-state index in [1.54, 1.807) is 35.6 Å². The molecule has 0 bridgehead atoms. The van der Waals surface area contributed by atoms with Crippen LogP contribution in [-0.2, 0) is 34.8 Å². The lowest BCUT2D eigenvalue weighted by Crippen LogP contribution is -2.53. The highest BCUT2D eigenvalue weighted by atomic mass is 35.5. The van der Waals surface area contributed by atoms with Gasteiger partial charge in [0.1, 0.15) is 24.6 Å². The molecule has 0 aliphatic carbocycles. The number of carbonyl (C=O) groups is 3. The van der Waals surface area contributed by atoms with Gasteiger partial charge in [0.25, 0.3) is 0 Å². The minimum absolute atomic E-state index is 0.0289. The number of Topliss-reactive ketones (excluding diaryl/α,β-unsaturated/α-hetero) is 1. The molecule has 1 aromatic heterocycles. The van der Waals surface area contributed by atoms with Gasteiger partial charge in [0, 0.05) is 16.9 Å². The first kappa shape index (κ1) is 44.4. The molecule has 0 spiro atoms. The van der Waals surface area contributed by atoms with Crippen LogP contribution in [0.25, 0.3) is 10.2 Å². The Hall–Kier alpha value is -3.31. The molecule has 2 aromatic carbocycles. The normalized spacial score (nSPS) is 23.5. The lowest BCUT2D eigenvalue weighted by molar-refractivity contribution is -0.155. The molecule has 0 unspecified atom stereocenters. The van der Waals surface area contributed by atoms with Gasteiger partial charge in [-0.3, -0.25) is 9.59 Å². The van der Waals surface area contributed by atoms with Gasteiger partial charge >= 0.3 is 12.1 Å². The highest BCUT2D eigenvalue weighted by molar-refractivity contribution is 7.18. The molecule has 2 heterocycles. The number of allylic oxidation sites excluding steroid dienone is 2. The highest BCUT2D eigenvalue weighted by Gasteiger charge is 2.50. The molecule has 0 fully saturated rings. The van der Waals surface area contributed by atoms with Gasteiger partial charge in [0.05, 0.1) is 33.7 Å². The van der Waals surface area contributed by atoms with Crippen molar-refractivity contribution in [2.45, 2.75) is 137 Å². The average Bonchev–Trinajstić information content (AvgIpc) is 3.48. The van der Waals surface area contributed by atoms with Gasteiger partial charge in [-0.1, -0.05) is 89.1 Å². The van der Waals surface area contributed by atoms with Gasteiger partial charge in [0.15, 0.2) is 8.32 Å². The number of fused-ring (bicyclic) bond motifs is 1. The summed E-state index contributed by atoms with van der Waals surface area (Å²) in [7, 11) is -2.54. The summed E-state index contributed by atoms with van der Waals surface area (Å²) in [5.74, 6) is -1.59. The SMILES string of the molecule is C=CC[C@H]1C(=O)C(C)(C)[C@@H](O[Si](C)(C)C(C)(C)C)CC(=O)O[C@H](c2ccc3sc(C)nc3c2)CC=C(C)CCC[C@H](C)[C@@H]1OC(=O)OCc1cccc(Cl)c1. The van der Waals surface area contributed by atoms with Gasteiger partial charge in [-0.15, -0.1) is 17.9 Å². The van der Waals surface area contributed by atoms with Crippen LogP contribution in [0.4, 0.5) is 4.79 Å². The highest BCUT2D eigenvalue weighted by Crippen LogP contribution is 2.43. The quantitative estimate of drug-likeness (QED) is 0.126. The molecule has 300 valence electrons. The second-order valence-corrected chi connectivity index (χ2v) is 23.6. The van der Waals surface area contributed by atoms with E-state index in [0.717, 1.165) is 44.8 Å². The Kier molecular flexibility index (Phi) is 15.1. The van der Waals surface area contributed by atoms with Crippen LogP contribution < -0.4 is 0 Å². The Morgan fingerprint density at radius 2 is 1.87 bits per heavy atom. The van der Waals surface area contributed by atoms with Crippen molar-refractivity contribution in [1.82, 2.24) is 4.98 Å². The molecule has 5 atom stereocenters. The summed E-state index contributed by atoms with van der Waals surface area (Å²) in [6.07, 6.45) is 3.68. The molecule has 3 aromatic rings. The van der Waals surface area contributed by atoms with Crippen LogP contribution in [-0.4, -0.2) is 43.4 Å². The van der Waals surface area contributed by atoms with Gasteiger partial charge in [-0.05, 0) is 99.0 Å². The second-order valence-electron chi connectivity index (χ2n) is 17.1. The largest absolute Gasteiger partial charge is 0.508 e. The van der Waals surface area contributed by atoms with Crippen LogP contribution in [0.2, 0.25) is 23.2 Å².